The van der Waals surface area contributed by atoms with Gasteiger partial charge in [-0.3, -0.25) is 4.99 Å². The van der Waals surface area contributed by atoms with E-state index in [-0.39, 0.29) is 24.0 Å². The number of halogens is 2. The van der Waals surface area contributed by atoms with Gasteiger partial charge < -0.3 is 20.4 Å². The summed E-state index contributed by atoms with van der Waals surface area (Å²) in [5.41, 5.74) is 7.96. The number of methoxy groups -OCH3 is 1. The van der Waals surface area contributed by atoms with E-state index in [1.165, 1.54) is 5.56 Å². The lowest BCUT2D eigenvalue weighted by Gasteiger charge is -2.09. The van der Waals surface area contributed by atoms with Crippen LogP contribution < -0.4 is 15.8 Å². The molecular weight excluding hydrogens is 489 g/mol. The number of nitrogens with one attached hydrogen (secondary N) is 1. The Morgan fingerprint density at radius 2 is 2.04 bits per heavy atom. The van der Waals surface area contributed by atoms with E-state index in [1.54, 1.807) is 19.2 Å². The molecule has 3 rings (SSSR count). The van der Waals surface area contributed by atoms with Crippen molar-refractivity contribution < 1.29 is 4.74 Å². The molecule has 6 nitrogen and oxygen atoms in total. The fraction of sp³-hybridized carbons (Fsp3) is 0.200. The maximum absolute atomic E-state index is 6.11. The summed E-state index contributed by atoms with van der Waals surface area (Å²) in [7, 11) is 1.58. The maximum Gasteiger partial charge on any atom is 0.193 e. The van der Waals surface area contributed by atoms with Gasteiger partial charge in [0, 0.05) is 37.6 Å². The minimum Gasteiger partial charge on any atom is -0.495 e. The van der Waals surface area contributed by atoms with E-state index in [0.29, 0.717) is 29.7 Å². The third-order valence-electron chi connectivity index (χ3n) is 4.04. The van der Waals surface area contributed by atoms with Crippen LogP contribution in [0.1, 0.15) is 11.4 Å². The van der Waals surface area contributed by atoms with Gasteiger partial charge in [0.15, 0.2) is 5.96 Å². The lowest BCUT2D eigenvalue weighted by Crippen LogP contribution is -2.23. The van der Waals surface area contributed by atoms with E-state index in [2.05, 4.69) is 32.0 Å². The number of benzene rings is 2. The van der Waals surface area contributed by atoms with Gasteiger partial charge in [0.05, 0.1) is 12.1 Å². The SMILES string of the molecule is COc1ccc(NC(N)=NCCc2nccn2Cc2ccccc2)cc1Cl.I. The van der Waals surface area contributed by atoms with E-state index in [1.807, 2.05) is 36.7 Å². The van der Waals surface area contributed by atoms with Gasteiger partial charge in [-0.25, -0.2) is 4.98 Å². The molecule has 1 aromatic heterocycles. The minimum atomic E-state index is 0. The molecule has 3 aromatic rings. The third kappa shape index (κ3) is 6.13. The molecule has 28 heavy (non-hydrogen) atoms. The number of hydrogen-bond acceptors (Lipinski definition) is 3. The highest BCUT2D eigenvalue weighted by Crippen LogP contribution is 2.27. The fourth-order valence-corrected chi connectivity index (χ4v) is 2.96. The summed E-state index contributed by atoms with van der Waals surface area (Å²) in [6.07, 6.45) is 4.49. The van der Waals surface area contributed by atoms with E-state index in [9.17, 15) is 0 Å². The quantitative estimate of drug-likeness (QED) is 0.283. The van der Waals surface area contributed by atoms with Crippen molar-refractivity contribution in [3.8, 4) is 5.75 Å². The molecule has 0 fully saturated rings. The van der Waals surface area contributed by atoms with Crippen LogP contribution in [0.5, 0.6) is 5.75 Å². The number of guanidine groups is 1. The zero-order valence-electron chi connectivity index (χ0n) is 15.5. The van der Waals surface area contributed by atoms with Gasteiger partial charge in [-0.15, -0.1) is 24.0 Å². The molecule has 0 aliphatic carbocycles. The van der Waals surface area contributed by atoms with Crippen LogP contribution in [0.2, 0.25) is 5.02 Å². The second-order valence-corrected chi connectivity index (χ2v) is 6.36. The van der Waals surface area contributed by atoms with Crippen molar-refractivity contribution in [3.05, 3.63) is 77.3 Å². The molecule has 0 aliphatic heterocycles. The van der Waals surface area contributed by atoms with Crippen LogP contribution in [-0.4, -0.2) is 29.2 Å². The minimum absolute atomic E-state index is 0. The number of nitrogens with two attached hydrogens (primary N) is 1. The van der Waals surface area contributed by atoms with Gasteiger partial charge in [-0.1, -0.05) is 41.9 Å². The van der Waals surface area contributed by atoms with Crippen molar-refractivity contribution in [2.75, 3.05) is 19.0 Å². The number of nitrogens with zero attached hydrogens (tertiary/aromatic N) is 3. The molecule has 0 bridgehead atoms. The van der Waals surface area contributed by atoms with Crippen molar-refractivity contribution >= 4 is 47.2 Å². The van der Waals surface area contributed by atoms with E-state index >= 15 is 0 Å². The molecule has 8 heteroatoms. The van der Waals surface area contributed by atoms with E-state index in [4.69, 9.17) is 22.1 Å². The van der Waals surface area contributed by atoms with E-state index < -0.39 is 0 Å². The lowest BCUT2D eigenvalue weighted by atomic mass is 10.2. The molecule has 3 N–H and O–H groups in total. The Morgan fingerprint density at radius 3 is 2.75 bits per heavy atom. The molecule has 0 radical (unpaired) electrons. The Morgan fingerprint density at radius 1 is 1.25 bits per heavy atom. The molecule has 0 amide bonds. The summed E-state index contributed by atoms with van der Waals surface area (Å²) >= 11 is 6.11. The molecule has 0 saturated heterocycles. The van der Waals surface area contributed by atoms with Gasteiger partial charge >= 0.3 is 0 Å². The zero-order chi connectivity index (χ0) is 19.1. The largest absolute Gasteiger partial charge is 0.495 e. The summed E-state index contributed by atoms with van der Waals surface area (Å²) in [5, 5.41) is 3.54. The van der Waals surface area contributed by atoms with Crippen LogP contribution in [0.15, 0.2) is 65.9 Å². The van der Waals surface area contributed by atoms with Gasteiger partial charge in [0.2, 0.25) is 0 Å². The van der Waals surface area contributed by atoms with Crippen LogP contribution in [0, 0.1) is 0 Å². The molecule has 0 atom stereocenters. The number of ether oxygens (including phenoxy) is 1. The number of rotatable bonds is 7. The van der Waals surface area contributed by atoms with Crippen molar-refractivity contribution in [1.82, 2.24) is 9.55 Å². The highest BCUT2D eigenvalue weighted by atomic mass is 127. The zero-order valence-corrected chi connectivity index (χ0v) is 18.6. The predicted molar refractivity (Wildman–Crippen MR) is 125 cm³/mol. The van der Waals surface area contributed by atoms with Gasteiger partial charge in [-0.2, -0.15) is 0 Å². The van der Waals surface area contributed by atoms with Crippen molar-refractivity contribution in [1.29, 1.82) is 0 Å². The molecule has 148 valence electrons. The van der Waals surface area contributed by atoms with Gasteiger partial charge in [-0.05, 0) is 23.8 Å². The third-order valence-corrected chi connectivity index (χ3v) is 4.33. The summed E-state index contributed by atoms with van der Waals surface area (Å²) in [6.45, 7) is 1.33. The topological polar surface area (TPSA) is 77.5 Å². The van der Waals surface area contributed by atoms with Crippen LogP contribution >= 0.6 is 35.6 Å². The Labute approximate surface area is 186 Å². The van der Waals surface area contributed by atoms with Gasteiger partial charge in [0.1, 0.15) is 11.6 Å². The standard InChI is InChI=1S/C20H22ClN5O.HI/c1-27-18-8-7-16(13-17(18)21)25-20(22)24-10-9-19-23-11-12-26(19)14-15-5-3-2-4-6-15;/h2-8,11-13H,9-10,14H2,1H3,(H3,22,24,25);1H. The fourth-order valence-electron chi connectivity index (χ4n) is 2.70. The Hall–Kier alpha value is -2.26. The smallest absolute Gasteiger partial charge is 0.193 e. The average molecular weight is 512 g/mol. The Balaban J connectivity index is 0.00000280. The van der Waals surface area contributed by atoms with Crippen molar-refractivity contribution in [3.63, 3.8) is 0 Å². The summed E-state index contributed by atoms with van der Waals surface area (Å²) in [4.78, 5) is 8.80. The van der Waals surface area contributed by atoms with Crippen molar-refractivity contribution in [2.24, 2.45) is 10.7 Å². The first-order valence-corrected chi connectivity index (χ1v) is 8.98. The number of aliphatic imine (C=N–C) groups is 1. The van der Waals surface area contributed by atoms with Crippen LogP contribution in [-0.2, 0) is 13.0 Å². The molecule has 0 saturated carbocycles. The van der Waals surface area contributed by atoms with E-state index in [0.717, 1.165) is 18.1 Å². The molecule has 0 spiro atoms. The molecule has 2 aromatic carbocycles. The van der Waals surface area contributed by atoms with Gasteiger partial charge in [0.25, 0.3) is 0 Å². The molecule has 0 unspecified atom stereocenters. The van der Waals surface area contributed by atoms with Crippen LogP contribution in [0.4, 0.5) is 5.69 Å². The first-order valence-electron chi connectivity index (χ1n) is 8.60. The van der Waals surface area contributed by atoms with Crippen LogP contribution in [0.25, 0.3) is 0 Å². The Kier molecular flexibility index (Phi) is 8.59. The lowest BCUT2D eigenvalue weighted by molar-refractivity contribution is 0.415. The van der Waals surface area contributed by atoms with Crippen molar-refractivity contribution in [2.45, 2.75) is 13.0 Å². The number of hydrogen-bond donors (Lipinski definition) is 2. The van der Waals surface area contributed by atoms with Crippen LogP contribution in [0.3, 0.4) is 0 Å². The summed E-state index contributed by atoms with van der Waals surface area (Å²) in [5.74, 6) is 1.92. The molecule has 0 aliphatic rings. The molecular formula is C20H23ClIN5O. The predicted octanol–water partition coefficient (Wildman–Crippen LogP) is 4.18. The second kappa shape index (κ2) is 10.9. The summed E-state index contributed by atoms with van der Waals surface area (Å²) < 4.78 is 7.26. The number of imidazole rings is 1. The normalized spacial score (nSPS) is 11.0. The monoisotopic (exact) mass is 511 g/mol. The first-order chi connectivity index (χ1) is 13.2. The highest BCUT2D eigenvalue weighted by Gasteiger charge is 2.05. The molecule has 1 heterocycles. The number of aromatic nitrogens is 2. The first kappa shape index (κ1) is 22.0. The number of anilines is 1. The second-order valence-electron chi connectivity index (χ2n) is 5.95. The maximum atomic E-state index is 6.11. The average Bonchev–Trinajstić information content (AvgIpc) is 3.10. The highest BCUT2D eigenvalue weighted by molar-refractivity contribution is 14.0. The summed E-state index contributed by atoms with van der Waals surface area (Å²) in [6, 6.07) is 15.6. The Bertz CT molecular complexity index is 914.